The van der Waals surface area contributed by atoms with E-state index in [4.69, 9.17) is 0 Å². The van der Waals surface area contributed by atoms with Crippen LogP contribution in [0.5, 0.6) is 0 Å². The maximum atomic E-state index is 10.5. The van der Waals surface area contributed by atoms with Crippen LogP contribution in [0.1, 0.15) is 54.1 Å². The van der Waals surface area contributed by atoms with Crippen LogP contribution in [0.25, 0.3) is 50.5 Å². The Morgan fingerprint density at radius 1 is 0.653 bits per heavy atom. The Bertz CT molecular complexity index is 2440. The molecule has 0 spiro atoms. The molecule has 1 N–H and O–H groups in total. The molecule has 1 aromatic heterocycles. The molecule has 0 unspecified atom stereocenters. The zero-order valence-electron chi connectivity index (χ0n) is 27.4. The first-order valence-electron chi connectivity index (χ1n) is 16.8. The monoisotopic (exact) mass is 630 g/mol. The highest BCUT2D eigenvalue weighted by Crippen LogP contribution is 2.40. The van der Waals surface area contributed by atoms with E-state index in [0.29, 0.717) is 11.1 Å². The minimum absolute atomic E-state index is 0.607. The molecule has 4 nitrogen and oxygen atoms in total. The van der Waals surface area contributed by atoms with E-state index in [1.807, 2.05) is 36.4 Å². The predicted octanol–water partition coefficient (Wildman–Crippen LogP) is 11.5. The highest BCUT2D eigenvalue weighted by molar-refractivity contribution is 5.93. The zero-order valence-corrected chi connectivity index (χ0v) is 27.4. The third-order valence-corrected chi connectivity index (χ3v) is 9.83. The van der Waals surface area contributed by atoms with Crippen LogP contribution in [-0.2, 0) is 6.42 Å². The second-order valence-corrected chi connectivity index (χ2v) is 12.7. The average molecular weight is 631 g/mol. The second-order valence-electron chi connectivity index (χ2n) is 12.7. The Labute approximate surface area is 287 Å². The number of allylic oxidation sites excluding steroid dienone is 5. The normalized spacial score (nSPS) is 13.6. The van der Waals surface area contributed by atoms with Crippen molar-refractivity contribution in [3.8, 4) is 40.1 Å². The van der Waals surface area contributed by atoms with Crippen molar-refractivity contribution in [2.75, 3.05) is 5.32 Å². The molecule has 0 saturated heterocycles. The first kappa shape index (κ1) is 30.0. The number of nitriles is 2. The van der Waals surface area contributed by atoms with Gasteiger partial charge in [0.2, 0.25) is 0 Å². The quantitative estimate of drug-likeness (QED) is 0.199. The van der Waals surface area contributed by atoms with Crippen LogP contribution in [0, 0.1) is 22.7 Å². The van der Waals surface area contributed by atoms with Gasteiger partial charge in [0.1, 0.15) is 6.07 Å². The van der Waals surface area contributed by atoms with Crippen LogP contribution < -0.4 is 5.32 Å². The summed E-state index contributed by atoms with van der Waals surface area (Å²) in [5, 5.41) is 25.2. The van der Waals surface area contributed by atoms with Crippen LogP contribution >= 0.6 is 0 Å². The van der Waals surface area contributed by atoms with E-state index in [2.05, 4.69) is 126 Å². The summed E-state index contributed by atoms with van der Waals surface area (Å²) in [5.41, 5.74) is 15.4. The van der Waals surface area contributed by atoms with Crippen LogP contribution in [0.4, 0.5) is 11.4 Å². The fourth-order valence-electron chi connectivity index (χ4n) is 7.46. The molecule has 0 atom stereocenters. The summed E-state index contributed by atoms with van der Waals surface area (Å²) in [6, 6.07) is 42.1. The molecule has 2 aliphatic carbocycles. The fourth-order valence-corrected chi connectivity index (χ4v) is 7.46. The van der Waals surface area contributed by atoms with Gasteiger partial charge in [-0.15, -0.1) is 0 Å². The molecule has 4 heteroatoms. The molecule has 0 aliphatic heterocycles. The first-order chi connectivity index (χ1) is 24.1. The average Bonchev–Trinajstić information content (AvgIpc) is 3.49. The van der Waals surface area contributed by atoms with Gasteiger partial charge in [-0.3, -0.25) is 0 Å². The number of benzene rings is 5. The van der Waals surface area contributed by atoms with Gasteiger partial charge >= 0.3 is 0 Å². The predicted molar refractivity (Wildman–Crippen MR) is 202 cm³/mol. The molecular weight excluding hydrogens is 597 g/mol. The molecule has 0 saturated carbocycles. The lowest BCUT2D eigenvalue weighted by atomic mass is 9.91. The van der Waals surface area contributed by atoms with Crippen molar-refractivity contribution in [2.24, 2.45) is 0 Å². The molecule has 6 aromatic rings. The molecule has 0 amide bonds. The third-order valence-electron chi connectivity index (χ3n) is 9.83. The molecule has 49 heavy (non-hydrogen) atoms. The highest BCUT2D eigenvalue weighted by Gasteiger charge is 2.21. The van der Waals surface area contributed by atoms with Gasteiger partial charge in [-0.05, 0) is 96.9 Å². The lowest BCUT2D eigenvalue weighted by Crippen LogP contribution is -2.03. The Hall–Kier alpha value is -6.36. The molecule has 8 rings (SSSR count). The van der Waals surface area contributed by atoms with Crippen molar-refractivity contribution in [1.29, 1.82) is 10.5 Å². The van der Waals surface area contributed by atoms with Crippen LogP contribution in [-0.4, -0.2) is 4.57 Å². The SMILES string of the molecule is CC1=C(c2ccccc2Nc2cccc(-c3ccc(-c4ccc(C#N)cc4-n4c5c(c6ccccc64)CCC=C5)cc3)c2C#N)CCC=C1. The van der Waals surface area contributed by atoms with E-state index in [1.165, 1.54) is 33.4 Å². The van der Waals surface area contributed by atoms with Crippen LogP contribution in [0.2, 0.25) is 0 Å². The number of aryl methyl sites for hydroxylation is 1. The number of hydrogen-bond donors (Lipinski definition) is 1. The number of hydrogen-bond acceptors (Lipinski definition) is 3. The number of aromatic nitrogens is 1. The molecule has 234 valence electrons. The molecule has 1 heterocycles. The second kappa shape index (κ2) is 12.7. The Morgan fingerprint density at radius 3 is 2.18 bits per heavy atom. The summed E-state index contributed by atoms with van der Waals surface area (Å²) in [4.78, 5) is 0. The summed E-state index contributed by atoms with van der Waals surface area (Å²) >= 11 is 0. The minimum atomic E-state index is 0.607. The smallest absolute Gasteiger partial charge is 0.102 e. The van der Waals surface area contributed by atoms with Gasteiger partial charge in [0.25, 0.3) is 0 Å². The van der Waals surface area contributed by atoms with E-state index in [9.17, 15) is 10.5 Å². The summed E-state index contributed by atoms with van der Waals surface area (Å²) in [7, 11) is 0. The number of anilines is 2. The van der Waals surface area contributed by atoms with Crippen molar-refractivity contribution in [1.82, 2.24) is 4.57 Å². The van der Waals surface area contributed by atoms with Crippen molar-refractivity contribution in [2.45, 2.75) is 32.6 Å². The molecule has 2 aliphatic rings. The molecular formula is C45H34N4. The minimum Gasteiger partial charge on any atom is -0.354 e. The number of nitrogens with zero attached hydrogens (tertiary/aromatic N) is 3. The van der Waals surface area contributed by atoms with Crippen LogP contribution in [0.3, 0.4) is 0 Å². The van der Waals surface area contributed by atoms with Gasteiger partial charge in [0.15, 0.2) is 0 Å². The molecule has 0 radical (unpaired) electrons. The van der Waals surface area contributed by atoms with Gasteiger partial charge < -0.3 is 9.88 Å². The summed E-state index contributed by atoms with van der Waals surface area (Å²) in [6.07, 6.45) is 12.9. The lowest BCUT2D eigenvalue weighted by Gasteiger charge is -2.19. The fraction of sp³-hybridized carbons (Fsp3) is 0.111. The van der Waals surface area contributed by atoms with Gasteiger partial charge in [0, 0.05) is 33.5 Å². The molecule has 0 bridgehead atoms. The third kappa shape index (κ3) is 5.35. The maximum Gasteiger partial charge on any atom is 0.102 e. The van der Waals surface area contributed by atoms with Crippen molar-refractivity contribution >= 4 is 33.9 Å². The number of rotatable bonds is 6. The Morgan fingerprint density at radius 2 is 1.37 bits per heavy atom. The Kier molecular flexibility index (Phi) is 7.77. The molecule has 5 aromatic carbocycles. The van der Waals surface area contributed by atoms with Crippen molar-refractivity contribution in [3.63, 3.8) is 0 Å². The van der Waals surface area contributed by atoms with E-state index < -0.39 is 0 Å². The molecule has 0 fully saturated rings. The van der Waals surface area contributed by atoms with Gasteiger partial charge in [-0.2, -0.15) is 10.5 Å². The summed E-state index contributed by atoms with van der Waals surface area (Å²) < 4.78 is 2.31. The lowest BCUT2D eigenvalue weighted by molar-refractivity contribution is 0.968. The van der Waals surface area contributed by atoms with E-state index in [0.717, 1.165) is 70.5 Å². The number of nitrogens with one attached hydrogen (secondary N) is 1. The van der Waals surface area contributed by atoms with Crippen molar-refractivity contribution < 1.29 is 0 Å². The van der Waals surface area contributed by atoms with Gasteiger partial charge in [0.05, 0.1) is 34.1 Å². The van der Waals surface area contributed by atoms with E-state index in [-0.39, 0.29) is 0 Å². The largest absolute Gasteiger partial charge is 0.354 e. The van der Waals surface area contributed by atoms with Gasteiger partial charge in [-0.1, -0.05) is 97.1 Å². The van der Waals surface area contributed by atoms with Gasteiger partial charge in [-0.25, -0.2) is 0 Å². The van der Waals surface area contributed by atoms with E-state index >= 15 is 0 Å². The standard InChI is InChI=1S/C45H34N4/c1-30-11-2-3-12-34(30)37-13-4-7-17-41(37)48-42-18-10-16-35(40(42)29-47)32-22-24-33(25-23-32)36-26-21-31(28-46)27-45(36)49-43-19-8-5-14-38(43)39-15-6-9-20-44(39)49/h2,4-5,7-11,13-14,16-27,48H,3,6,12,15H2,1H3. The summed E-state index contributed by atoms with van der Waals surface area (Å²) in [5.74, 6) is 0. The first-order valence-corrected chi connectivity index (χ1v) is 16.8. The topological polar surface area (TPSA) is 64.5 Å². The Balaban J connectivity index is 1.19. The maximum absolute atomic E-state index is 10.5. The van der Waals surface area contributed by atoms with Crippen molar-refractivity contribution in [3.05, 3.63) is 161 Å². The number of para-hydroxylation sites is 2. The van der Waals surface area contributed by atoms with Crippen LogP contribution in [0.15, 0.2) is 133 Å². The summed E-state index contributed by atoms with van der Waals surface area (Å²) in [6.45, 7) is 2.17. The highest BCUT2D eigenvalue weighted by atomic mass is 15.0. The number of fused-ring (bicyclic) bond motifs is 3. The zero-order chi connectivity index (χ0) is 33.3. The van der Waals surface area contributed by atoms with E-state index in [1.54, 1.807) is 0 Å².